The summed E-state index contributed by atoms with van der Waals surface area (Å²) in [6, 6.07) is 14.9. The number of halogens is 1. The second-order valence-corrected chi connectivity index (χ2v) is 7.81. The molecular formula is C23H16ClN5O3. The lowest BCUT2D eigenvalue weighted by atomic mass is 10.2. The molecule has 9 heteroatoms. The number of hydrogen-bond acceptors (Lipinski definition) is 6. The van der Waals surface area contributed by atoms with Gasteiger partial charge in [-0.05, 0) is 35.9 Å². The fraction of sp³-hybridized carbons (Fsp3) is 0.130. The minimum atomic E-state index is -0.173. The van der Waals surface area contributed by atoms with Gasteiger partial charge in [0.15, 0.2) is 17.3 Å². The first-order chi connectivity index (χ1) is 15.7. The van der Waals surface area contributed by atoms with Gasteiger partial charge in [-0.1, -0.05) is 29.8 Å². The SMILES string of the molecule is O=c1c2cnc3nc(-c4ccc5c(c4)OCCO5)nn3c2ccn1Cc1ccccc1Cl. The molecule has 0 atom stereocenters. The number of benzene rings is 2. The molecule has 0 saturated carbocycles. The normalized spacial score (nSPS) is 13.0. The average Bonchev–Trinajstić information content (AvgIpc) is 3.27. The number of fused-ring (bicyclic) bond motifs is 4. The van der Waals surface area contributed by atoms with Crippen LogP contribution < -0.4 is 15.0 Å². The van der Waals surface area contributed by atoms with Gasteiger partial charge in [0, 0.05) is 23.0 Å². The van der Waals surface area contributed by atoms with Gasteiger partial charge >= 0.3 is 0 Å². The van der Waals surface area contributed by atoms with E-state index >= 15 is 0 Å². The Labute approximate surface area is 186 Å². The highest BCUT2D eigenvalue weighted by Crippen LogP contribution is 2.33. The summed E-state index contributed by atoms with van der Waals surface area (Å²) in [6.07, 6.45) is 3.28. The van der Waals surface area contributed by atoms with E-state index in [9.17, 15) is 4.79 Å². The number of nitrogens with zero attached hydrogens (tertiary/aromatic N) is 5. The Kier molecular flexibility index (Phi) is 4.32. The first-order valence-corrected chi connectivity index (χ1v) is 10.4. The monoisotopic (exact) mass is 445 g/mol. The third-order valence-electron chi connectivity index (χ3n) is 5.41. The molecule has 3 aromatic heterocycles. The van der Waals surface area contributed by atoms with Crippen molar-refractivity contribution in [1.29, 1.82) is 0 Å². The molecule has 0 bridgehead atoms. The van der Waals surface area contributed by atoms with Crippen LogP contribution in [-0.4, -0.2) is 37.4 Å². The van der Waals surface area contributed by atoms with Crippen LogP contribution in [0.4, 0.5) is 0 Å². The third kappa shape index (κ3) is 3.07. The predicted molar refractivity (Wildman–Crippen MR) is 120 cm³/mol. The van der Waals surface area contributed by atoms with Gasteiger partial charge in [-0.15, -0.1) is 5.10 Å². The van der Waals surface area contributed by atoms with Crippen LogP contribution in [0.5, 0.6) is 11.5 Å². The third-order valence-corrected chi connectivity index (χ3v) is 5.77. The van der Waals surface area contributed by atoms with Crippen LogP contribution in [0.2, 0.25) is 5.02 Å². The van der Waals surface area contributed by atoms with E-state index in [0.717, 1.165) is 11.1 Å². The molecule has 0 fully saturated rings. The molecule has 158 valence electrons. The number of hydrogen-bond donors (Lipinski definition) is 0. The predicted octanol–water partition coefficient (Wildman–Crippen LogP) is 3.58. The maximum Gasteiger partial charge on any atom is 0.261 e. The fourth-order valence-corrected chi connectivity index (χ4v) is 3.99. The van der Waals surface area contributed by atoms with Gasteiger partial charge in [-0.25, -0.2) is 4.98 Å². The second-order valence-electron chi connectivity index (χ2n) is 7.40. The summed E-state index contributed by atoms with van der Waals surface area (Å²) in [5.74, 6) is 2.26. The van der Waals surface area contributed by atoms with Crippen molar-refractivity contribution in [3.8, 4) is 22.9 Å². The van der Waals surface area contributed by atoms with Crippen molar-refractivity contribution in [2.75, 3.05) is 13.2 Å². The molecule has 0 spiro atoms. The smallest absolute Gasteiger partial charge is 0.261 e. The van der Waals surface area contributed by atoms with Gasteiger partial charge in [-0.3, -0.25) is 4.79 Å². The van der Waals surface area contributed by atoms with Gasteiger partial charge in [0.25, 0.3) is 11.3 Å². The second kappa shape index (κ2) is 7.35. The number of pyridine rings is 1. The first-order valence-electron chi connectivity index (χ1n) is 10.1. The topological polar surface area (TPSA) is 83.5 Å². The summed E-state index contributed by atoms with van der Waals surface area (Å²) in [7, 11) is 0. The summed E-state index contributed by atoms with van der Waals surface area (Å²) in [6.45, 7) is 1.40. The van der Waals surface area contributed by atoms with Crippen LogP contribution in [-0.2, 0) is 6.54 Å². The molecule has 0 radical (unpaired) electrons. The molecule has 1 aliphatic rings. The number of rotatable bonds is 3. The van der Waals surface area contributed by atoms with Crippen molar-refractivity contribution in [3.63, 3.8) is 0 Å². The highest BCUT2D eigenvalue weighted by molar-refractivity contribution is 6.31. The molecule has 0 unspecified atom stereocenters. The number of aromatic nitrogens is 5. The largest absolute Gasteiger partial charge is 0.486 e. The summed E-state index contributed by atoms with van der Waals surface area (Å²) in [5, 5.41) is 5.67. The van der Waals surface area contributed by atoms with E-state index in [-0.39, 0.29) is 5.56 Å². The van der Waals surface area contributed by atoms with Crippen LogP contribution >= 0.6 is 11.6 Å². The zero-order valence-electron chi connectivity index (χ0n) is 16.7. The minimum absolute atomic E-state index is 0.173. The standard InChI is InChI=1S/C23H16ClN5O3/c24-17-4-2-1-3-15(17)13-28-8-7-18-16(22(28)30)12-25-23-26-21(27-29(18)23)14-5-6-19-20(11-14)32-10-9-31-19/h1-8,11-12H,9-10,13H2. The van der Waals surface area contributed by atoms with Crippen molar-refractivity contribution < 1.29 is 9.47 Å². The molecule has 0 aliphatic carbocycles. The molecular weight excluding hydrogens is 430 g/mol. The fourth-order valence-electron chi connectivity index (χ4n) is 3.80. The molecule has 0 amide bonds. The minimum Gasteiger partial charge on any atom is -0.486 e. The summed E-state index contributed by atoms with van der Waals surface area (Å²) >= 11 is 6.26. The van der Waals surface area contributed by atoms with Gasteiger partial charge < -0.3 is 14.0 Å². The molecule has 4 heterocycles. The van der Waals surface area contributed by atoms with Crippen LogP contribution in [0.25, 0.3) is 28.1 Å². The van der Waals surface area contributed by atoms with E-state index in [1.807, 2.05) is 48.5 Å². The van der Waals surface area contributed by atoms with Crippen LogP contribution in [0, 0.1) is 0 Å². The summed E-state index contributed by atoms with van der Waals surface area (Å²) in [5.41, 5.74) is 2.10. The van der Waals surface area contributed by atoms with E-state index in [0.29, 0.717) is 58.8 Å². The van der Waals surface area contributed by atoms with Crippen molar-refractivity contribution in [2.24, 2.45) is 0 Å². The Balaban J connectivity index is 1.44. The Hall–Kier alpha value is -3.91. The lowest BCUT2D eigenvalue weighted by Crippen LogP contribution is -2.21. The molecule has 0 N–H and O–H groups in total. The van der Waals surface area contributed by atoms with Crippen LogP contribution in [0.15, 0.2) is 65.7 Å². The van der Waals surface area contributed by atoms with Crippen molar-refractivity contribution >= 4 is 28.3 Å². The summed E-state index contributed by atoms with van der Waals surface area (Å²) < 4.78 is 14.4. The molecule has 2 aromatic carbocycles. The Morgan fingerprint density at radius 3 is 2.75 bits per heavy atom. The van der Waals surface area contributed by atoms with Gasteiger partial charge in [0.2, 0.25) is 0 Å². The van der Waals surface area contributed by atoms with Crippen LogP contribution in [0.1, 0.15) is 5.56 Å². The maximum atomic E-state index is 13.1. The lowest BCUT2D eigenvalue weighted by molar-refractivity contribution is 0.171. The average molecular weight is 446 g/mol. The van der Waals surface area contributed by atoms with Gasteiger partial charge in [0.1, 0.15) is 13.2 Å². The quantitative estimate of drug-likeness (QED) is 0.422. The maximum absolute atomic E-state index is 13.1. The molecule has 1 aliphatic heterocycles. The molecule has 8 nitrogen and oxygen atoms in total. The van der Waals surface area contributed by atoms with Crippen molar-refractivity contribution in [2.45, 2.75) is 6.54 Å². The van der Waals surface area contributed by atoms with Crippen molar-refractivity contribution in [3.05, 3.63) is 81.9 Å². The zero-order chi connectivity index (χ0) is 21.7. The molecule has 32 heavy (non-hydrogen) atoms. The first kappa shape index (κ1) is 18.8. The Morgan fingerprint density at radius 2 is 1.88 bits per heavy atom. The highest BCUT2D eigenvalue weighted by atomic mass is 35.5. The molecule has 6 rings (SSSR count). The highest BCUT2D eigenvalue weighted by Gasteiger charge is 2.17. The molecule has 0 saturated heterocycles. The molecule has 5 aromatic rings. The Morgan fingerprint density at radius 1 is 1.03 bits per heavy atom. The van der Waals surface area contributed by atoms with E-state index in [1.165, 1.54) is 0 Å². The summed E-state index contributed by atoms with van der Waals surface area (Å²) in [4.78, 5) is 22.0. The van der Waals surface area contributed by atoms with Gasteiger partial charge in [-0.2, -0.15) is 9.50 Å². The van der Waals surface area contributed by atoms with E-state index in [4.69, 9.17) is 21.1 Å². The zero-order valence-corrected chi connectivity index (χ0v) is 17.5. The van der Waals surface area contributed by atoms with Crippen LogP contribution in [0.3, 0.4) is 0 Å². The number of ether oxygens (including phenoxy) is 2. The van der Waals surface area contributed by atoms with E-state index in [1.54, 1.807) is 21.5 Å². The van der Waals surface area contributed by atoms with Crippen molar-refractivity contribution in [1.82, 2.24) is 24.1 Å². The van der Waals surface area contributed by atoms with Gasteiger partial charge in [0.05, 0.1) is 17.4 Å². The Bertz CT molecular complexity index is 1560. The van der Waals surface area contributed by atoms with E-state index in [2.05, 4.69) is 15.1 Å². The lowest BCUT2D eigenvalue weighted by Gasteiger charge is -2.18. The van der Waals surface area contributed by atoms with E-state index < -0.39 is 0 Å².